The Balaban J connectivity index is 1.82. The number of hydrogen-bond donors (Lipinski definition) is 1. The molecule has 0 unspecified atom stereocenters. The van der Waals surface area contributed by atoms with Gasteiger partial charge in [0, 0.05) is 29.8 Å². The summed E-state index contributed by atoms with van der Waals surface area (Å²) in [6, 6.07) is 20.3. The first-order chi connectivity index (χ1) is 11.6. The monoisotopic (exact) mass is 382 g/mol. The molecule has 0 aliphatic rings. The van der Waals surface area contributed by atoms with Crippen LogP contribution in [0.4, 0.5) is 17.5 Å². The van der Waals surface area contributed by atoms with Crippen molar-refractivity contribution in [3.63, 3.8) is 0 Å². The van der Waals surface area contributed by atoms with Crippen LogP contribution in [0.15, 0.2) is 65.1 Å². The highest BCUT2D eigenvalue weighted by molar-refractivity contribution is 9.10. The molecule has 0 bridgehead atoms. The van der Waals surface area contributed by atoms with E-state index >= 15 is 0 Å². The van der Waals surface area contributed by atoms with Gasteiger partial charge in [-0.2, -0.15) is 4.98 Å². The number of anilines is 3. The van der Waals surface area contributed by atoms with Crippen LogP contribution in [0, 0.1) is 6.92 Å². The summed E-state index contributed by atoms with van der Waals surface area (Å²) >= 11 is 3.54. The number of aryl methyl sites for hydroxylation is 1. The fourth-order valence-corrected chi connectivity index (χ4v) is 2.81. The lowest BCUT2D eigenvalue weighted by atomic mass is 10.2. The molecule has 0 saturated heterocycles. The fraction of sp³-hybridized carbons (Fsp3) is 0.158. The van der Waals surface area contributed by atoms with E-state index in [1.807, 2.05) is 62.5 Å². The van der Waals surface area contributed by atoms with Crippen LogP contribution in [0.1, 0.15) is 11.3 Å². The zero-order valence-electron chi connectivity index (χ0n) is 13.7. The number of aromatic nitrogens is 2. The quantitative estimate of drug-likeness (QED) is 0.679. The highest BCUT2D eigenvalue weighted by atomic mass is 79.9. The molecular weight excluding hydrogens is 364 g/mol. The summed E-state index contributed by atoms with van der Waals surface area (Å²) in [4.78, 5) is 11.3. The van der Waals surface area contributed by atoms with Gasteiger partial charge < -0.3 is 10.2 Å². The minimum atomic E-state index is 0.594. The Kier molecular flexibility index (Phi) is 5.11. The van der Waals surface area contributed by atoms with Crippen molar-refractivity contribution in [3.05, 3.63) is 76.4 Å². The molecular formula is C19H19BrN4. The van der Waals surface area contributed by atoms with Crippen molar-refractivity contribution in [1.29, 1.82) is 0 Å². The minimum Gasteiger partial charge on any atom is -0.355 e. The number of nitrogens with one attached hydrogen (secondary N) is 1. The van der Waals surface area contributed by atoms with Gasteiger partial charge in [0.1, 0.15) is 5.82 Å². The van der Waals surface area contributed by atoms with Crippen molar-refractivity contribution in [2.45, 2.75) is 13.5 Å². The Labute approximate surface area is 150 Å². The predicted molar refractivity (Wildman–Crippen MR) is 103 cm³/mol. The summed E-state index contributed by atoms with van der Waals surface area (Å²) in [5.74, 6) is 1.48. The molecule has 3 aromatic rings. The van der Waals surface area contributed by atoms with Gasteiger partial charge in [-0.05, 0) is 40.5 Å². The molecule has 0 aliphatic heterocycles. The summed E-state index contributed by atoms with van der Waals surface area (Å²) in [7, 11) is 2.04. The van der Waals surface area contributed by atoms with E-state index in [1.54, 1.807) is 0 Å². The lowest BCUT2D eigenvalue weighted by Gasteiger charge is -2.19. The lowest BCUT2D eigenvalue weighted by Crippen LogP contribution is -2.18. The molecule has 5 heteroatoms. The maximum atomic E-state index is 4.65. The molecule has 24 heavy (non-hydrogen) atoms. The lowest BCUT2D eigenvalue weighted by molar-refractivity contribution is 0.888. The first-order valence-corrected chi connectivity index (χ1v) is 8.53. The second kappa shape index (κ2) is 7.45. The number of hydrogen-bond acceptors (Lipinski definition) is 4. The topological polar surface area (TPSA) is 41.1 Å². The number of halogens is 1. The van der Waals surface area contributed by atoms with Crippen molar-refractivity contribution < 1.29 is 0 Å². The molecule has 0 fully saturated rings. The molecule has 0 aliphatic carbocycles. The second-order valence-corrected chi connectivity index (χ2v) is 6.49. The van der Waals surface area contributed by atoms with E-state index in [9.17, 15) is 0 Å². The molecule has 3 rings (SSSR count). The van der Waals surface area contributed by atoms with Gasteiger partial charge in [0.25, 0.3) is 0 Å². The molecule has 1 aromatic heterocycles. The molecule has 0 amide bonds. The van der Waals surface area contributed by atoms with E-state index in [4.69, 9.17) is 0 Å². The maximum absolute atomic E-state index is 4.65. The standard InChI is InChI=1S/C19H19BrN4/c1-14-12-18(24(2)13-15-8-4-3-5-9-15)23-19(21-14)22-17-11-7-6-10-16(17)20/h3-12H,13H2,1-2H3,(H,21,22,23). The number of rotatable bonds is 5. The Morgan fingerprint density at radius 2 is 1.71 bits per heavy atom. The van der Waals surface area contributed by atoms with Crippen molar-refractivity contribution in [2.24, 2.45) is 0 Å². The van der Waals surface area contributed by atoms with Crippen molar-refractivity contribution >= 4 is 33.4 Å². The summed E-state index contributed by atoms with van der Waals surface area (Å²) in [5, 5.41) is 3.28. The van der Waals surface area contributed by atoms with E-state index in [-0.39, 0.29) is 0 Å². The van der Waals surface area contributed by atoms with Crippen LogP contribution in [0.2, 0.25) is 0 Å². The van der Waals surface area contributed by atoms with Gasteiger partial charge in [0.05, 0.1) is 5.69 Å². The zero-order valence-corrected chi connectivity index (χ0v) is 15.3. The molecule has 1 heterocycles. The first-order valence-electron chi connectivity index (χ1n) is 7.74. The third-order valence-electron chi connectivity index (χ3n) is 3.61. The Bertz CT molecular complexity index is 821. The highest BCUT2D eigenvalue weighted by Crippen LogP contribution is 2.25. The molecule has 0 radical (unpaired) electrons. The van der Waals surface area contributed by atoms with Crippen LogP contribution in [0.25, 0.3) is 0 Å². The first kappa shape index (κ1) is 16.5. The Morgan fingerprint density at radius 3 is 2.46 bits per heavy atom. The average molecular weight is 383 g/mol. The minimum absolute atomic E-state index is 0.594. The van der Waals surface area contributed by atoms with Crippen LogP contribution < -0.4 is 10.2 Å². The van der Waals surface area contributed by atoms with Crippen molar-refractivity contribution in [1.82, 2.24) is 9.97 Å². The second-order valence-electron chi connectivity index (χ2n) is 5.64. The molecule has 0 atom stereocenters. The number of nitrogens with zero attached hydrogens (tertiary/aromatic N) is 3. The van der Waals surface area contributed by atoms with Gasteiger partial charge in [-0.25, -0.2) is 4.98 Å². The smallest absolute Gasteiger partial charge is 0.229 e. The van der Waals surface area contributed by atoms with Crippen LogP contribution >= 0.6 is 15.9 Å². The van der Waals surface area contributed by atoms with Crippen LogP contribution in [0.3, 0.4) is 0 Å². The zero-order chi connectivity index (χ0) is 16.9. The SMILES string of the molecule is Cc1cc(N(C)Cc2ccccc2)nc(Nc2ccccc2Br)n1. The van der Waals surface area contributed by atoms with E-state index in [0.29, 0.717) is 5.95 Å². The Morgan fingerprint density at radius 1 is 1.00 bits per heavy atom. The number of para-hydroxylation sites is 1. The van der Waals surface area contributed by atoms with E-state index in [1.165, 1.54) is 5.56 Å². The average Bonchev–Trinajstić information content (AvgIpc) is 2.57. The largest absolute Gasteiger partial charge is 0.355 e. The van der Waals surface area contributed by atoms with E-state index in [0.717, 1.165) is 28.2 Å². The molecule has 0 saturated carbocycles. The molecule has 122 valence electrons. The van der Waals surface area contributed by atoms with Gasteiger partial charge in [0.2, 0.25) is 5.95 Å². The van der Waals surface area contributed by atoms with Gasteiger partial charge in [-0.3, -0.25) is 0 Å². The van der Waals surface area contributed by atoms with Crippen molar-refractivity contribution in [2.75, 3.05) is 17.3 Å². The summed E-state index contributed by atoms with van der Waals surface area (Å²) in [6.45, 7) is 2.78. The molecule has 1 N–H and O–H groups in total. The summed E-state index contributed by atoms with van der Waals surface area (Å²) < 4.78 is 0.981. The predicted octanol–water partition coefficient (Wildman–Crippen LogP) is 4.93. The van der Waals surface area contributed by atoms with Crippen LogP contribution in [-0.2, 0) is 6.54 Å². The van der Waals surface area contributed by atoms with Crippen molar-refractivity contribution in [3.8, 4) is 0 Å². The summed E-state index contributed by atoms with van der Waals surface area (Å²) in [6.07, 6.45) is 0. The van der Waals surface area contributed by atoms with Gasteiger partial charge in [-0.15, -0.1) is 0 Å². The molecule has 4 nitrogen and oxygen atoms in total. The third-order valence-corrected chi connectivity index (χ3v) is 4.31. The van der Waals surface area contributed by atoms with Gasteiger partial charge >= 0.3 is 0 Å². The van der Waals surface area contributed by atoms with Gasteiger partial charge in [0.15, 0.2) is 0 Å². The van der Waals surface area contributed by atoms with E-state index < -0.39 is 0 Å². The number of benzene rings is 2. The highest BCUT2D eigenvalue weighted by Gasteiger charge is 2.09. The van der Waals surface area contributed by atoms with Gasteiger partial charge in [-0.1, -0.05) is 42.5 Å². The normalized spacial score (nSPS) is 10.5. The maximum Gasteiger partial charge on any atom is 0.229 e. The fourth-order valence-electron chi connectivity index (χ4n) is 2.42. The van der Waals surface area contributed by atoms with E-state index in [2.05, 4.69) is 48.2 Å². The molecule has 2 aromatic carbocycles. The van der Waals surface area contributed by atoms with Crippen LogP contribution in [-0.4, -0.2) is 17.0 Å². The Hall–Kier alpha value is -2.40. The third kappa shape index (κ3) is 4.11. The molecule has 0 spiro atoms. The summed E-state index contributed by atoms with van der Waals surface area (Å²) in [5.41, 5.74) is 3.12. The van der Waals surface area contributed by atoms with Crippen LogP contribution in [0.5, 0.6) is 0 Å².